The molecule has 0 saturated carbocycles. The third-order valence-corrected chi connectivity index (χ3v) is 7.50. The molecule has 0 atom stereocenters. The number of fused-ring (bicyclic) bond motifs is 1. The number of amides is 1. The van der Waals surface area contributed by atoms with E-state index in [-0.39, 0.29) is 23.3 Å². The Kier molecular flexibility index (Phi) is 7.07. The van der Waals surface area contributed by atoms with Crippen molar-refractivity contribution in [3.05, 3.63) is 95.0 Å². The standard InChI is InChI=1S/C26H21BrN6O4S/c1-37-25-13-24(29-15-30-25)33-38(35,36)19-7-5-18(6-8-19)31-26(34)21-12-23(16-3-2-10-28-14-16)32-22-9-4-17(27)11-20(21)22/h2-14,29,33H,15H2,1H3,(H,31,34). The van der Waals surface area contributed by atoms with E-state index in [4.69, 9.17) is 9.72 Å². The maximum Gasteiger partial charge on any atom is 0.262 e. The second-order valence-corrected chi connectivity index (χ2v) is 10.7. The predicted octanol–water partition coefficient (Wildman–Crippen LogP) is 4.04. The summed E-state index contributed by atoms with van der Waals surface area (Å²) in [6.45, 7) is 0.186. The Morgan fingerprint density at radius 1 is 1.11 bits per heavy atom. The molecule has 192 valence electrons. The summed E-state index contributed by atoms with van der Waals surface area (Å²) in [4.78, 5) is 26.3. The van der Waals surface area contributed by atoms with Crippen LogP contribution in [-0.4, -0.2) is 44.0 Å². The first-order valence-corrected chi connectivity index (χ1v) is 13.6. The summed E-state index contributed by atoms with van der Waals surface area (Å²) in [6, 6.07) is 16.8. The first-order valence-electron chi connectivity index (χ1n) is 11.3. The summed E-state index contributed by atoms with van der Waals surface area (Å²) >= 11 is 3.46. The number of pyridine rings is 2. The van der Waals surface area contributed by atoms with Crippen LogP contribution in [0, 0.1) is 0 Å². The lowest BCUT2D eigenvalue weighted by molar-refractivity contribution is 0.102. The second kappa shape index (κ2) is 10.6. The van der Waals surface area contributed by atoms with Gasteiger partial charge in [-0.1, -0.05) is 15.9 Å². The Hall–Kier alpha value is -4.29. The quantitative estimate of drug-likeness (QED) is 0.307. The molecular formula is C26H21BrN6O4S. The number of hydrogen-bond acceptors (Lipinski definition) is 8. The van der Waals surface area contributed by atoms with Crippen LogP contribution < -0.4 is 15.4 Å². The maximum absolute atomic E-state index is 13.4. The molecule has 1 aliphatic heterocycles. The van der Waals surface area contributed by atoms with Crippen LogP contribution in [0.25, 0.3) is 22.2 Å². The smallest absolute Gasteiger partial charge is 0.262 e. The number of anilines is 1. The molecule has 1 aliphatic rings. The predicted molar refractivity (Wildman–Crippen MR) is 148 cm³/mol. The number of aromatic nitrogens is 2. The number of aliphatic imine (C=N–C) groups is 1. The molecule has 3 N–H and O–H groups in total. The van der Waals surface area contributed by atoms with E-state index in [1.807, 2.05) is 24.3 Å². The minimum atomic E-state index is -3.88. The highest BCUT2D eigenvalue weighted by atomic mass is 79.9. The summed E-state index contributed by atoms with van der Waals surface area (Å²) in [5, 5.41) is 6.35. The van der Waals surface area contributed by atoms with Crippen LogP contribution in [0.15, 0.2) is 99.3 Å². The SMILES string of the molecule is COC1=NCNC(NS(=O)(=O)c2ccc(NC(=O)c3cc(-c4cccnc4)nc4ccc(Br)cc34)cc2)=C1. The molecule has 12 heteroatoms. The van der Waals surface area contributed by atoms with Gasteiger partial charge in [0.2, 0.25) is 5.90 Å². The van der Waals surface area contributed by atoms with Gasteiger partial charge in [-0.15, -0.1) is 0 Å². The molecule has 0 aliphatic carbocycles. The van der Waals surface area contributed by atoms with Crippen molar-refractivity contribution in [2.75, 3.05) is 19.1 Å². The van der Waals surface area contributed by atoms with E-state index in [1.165, 1.54) is 37.5 Å². The third-order valence-electron chi connectivity index (χ3n) is 5.62. The number of benzene rings is 2. The number of carbonyl (C=O) groups is 1. The van der Waals surface area contributed by atoms with Gasteiger partial charge in [-0.2, -0.15) is 0 Å². The fraction of sp³-hybridized carbons (Fsp3) is 0.0769. The lowest BCUT2D eigenvalue weighted by atomic mass is 10.0. The van der Waals surface area contributed by atoms with Crippen molar-refractivity contribution in [1.82, 2.24) is 20.0 Å². The third kappa shape index (κ3) is 5.50. The van der Waals surface area contributed by atoms with E-state index in [1.54, 1.807) is 24.5 Å². The minimum Gasteiger partial charge on any atom is -0.481 e. The molecule has 0 radical (unpaired) electrons. The van der Waals surface area contributed by atoms with E-state index in [0.29, 0.717) is 33.7 Å². The van der Waals surface area contributed by atoms with Gasteiger partial charge in [-0.05, 0) is 60.7 Å². The summed E-state index contributed by atoms with van der Waals surface area (Å²) in [7, 11) is -2.43. The fourth-order valence-corrected chi connectivity index (χ4v) is 5.17. The van der Waals surface area contributed by atoms with Gasteiger partial charge in [0.05, 0.1) is 28.8 Å². The molecule has 5 rings (SSSR count). The summed E-state index contributed by atoms with van der Waals surface area (Å²) in [6.07, 6.45) is 4.80. The van der Waals surface area contributed by atoms with Gasteiger partial charge >= 0.3 is 0 Å². The molecule has 2 aromatic carbocycles. The van der Waals surface area contributed by atoms with Gasteiger partial charge in [0, 0.05) is 39.6 Å². The molecular weight excluding hydrogens is 572 g/mol. The van der Waals surface area contributed by atoms with Crippen LogP contribution in [0.4, 0.5) is 5.69 Å². The van der Waals surface area contributed by atoms with Gasteiger partial charge in [0.1, 0.15) is 12.5 Å². The highest BCUT2D eigenvalue weighted by Crippen LogP contribution is 2.28. The van der Waals surface area contributed by atoms with E-state index < -0.39 is 10.0 Å². The number of sulfonamides is 1. The summed E-state index contributed by atoms with van der Waals surface area (Å²) in [5.41, 5.74) is 2.89. The van der Waals surface area contributed by atoms with E-state index >= 15 is 0 Å². The summed E-state index contributed by atoms with van der Waals surface area (Å²) in [5.74, 6) is 0.188. The number of methoxy groups -OCH3 is 1. The van der Waals surface area contributed by atoms with Crippen LogP contribution in [0.2, 0.25) is 0 Å². The topological polar surface area (TPSA) is 135 Å². The minimum absolute atomic E-state index is 0.0248. The molecule has 0 bridgehead atoms. The zero-order chi connectivity index (χ0) is 26.7. The second-order valence-electron chi connectivity index (χ2n) is 8.14. The van der Waals surface area contributed by atoms with Crippen molar-refractivity contribution < 1.29 is 17.9 Å². The monoisotopic (exact) mass is 592 g/mol. The fourth-order valence-electron chi connectivity index (χ4n) is 3.78. The lowest BCUT2D eigenvalue weighted by Crippen LogP contribution is -2.34. The highest BCUT2D eigenvalue weighted by Gasteiger charge is 2.19. The first kappa shape index (κ1) is 25.4. The van der Waals surface area contributed by atoms with Crippen LogP contribution >= 0.6 is 15.9 Å². The van der Waals surface area contributed by atoms with Crippen molar-refractivity contribution in [2.24, 2.45) is 4.99 Å². The first-order chi connectivity index (χ1) is 18.3. The van der Waals surface area contributed by atoms with Crippen molar-refractivity contribution in [3.63, 3.8) is 0 Å². The highest BCUT2D eigenvalue weighted by molar-refractivity contribution is 9.10. The zero-order valence-corrected chi connectivity index (χ0v) is 22.4. The zero-order valence-electron chi connectivity index (χ0n) is 20.0. The van der Waals surface area contributed by atoms with Crippen LogP contribution in [0.5, 0.6) is 0 Å². The average Bonchev–Trinajstić information content (AvgIpc) is 2.93. The Bertz CT molecular complexity index is 1690. The molecule has 0 spiro atoms. The Morgan fingerprint density at radius 3 is 2.66 bits per heavy atom. The van der Waals surface area contributed by atoms with E-state index in [0.717, 1.165) is 10.0 Å². The average molecular weight is 593 g/mol. The number of halogens is 1. The van der Waals surface area contributed by atoms with Crippen LogP contribution in [0.1, 0.15) is 10.4 Å². The van der Waals surface area contributed by atoms with Crippen LogP contribution in [0.3, 0.4) is 0 Å². The molecule has 1 amide bonds. The largest absolute Gasteiger partial charge is 0.481 e. The molecule has 10 nitrogen and oxygen atoms in total. The Morgan fingerprint density at radius 2 is 1.92 bits per heavy atom. The molecule has 3 heterocycles. The van der Waals surface area contributed by atoms with Crippen molar-refractivity contribution in [3.8, 4) is 11.3 Å². The number of nitrogens with zero attached hydrogens (tertiary/aromatic N) is 3. The lowest BCUT2D eigenvalue weighted by Gasteiger charge is -2.16. The van der Waals surface area contributed by atoms with Crippen LogP contribution in [-0.2, 0) is 14.8 Å². The van der Waals surface area contributed by atoms with Gasteiger partial charge in [-0.3, -0.25) is 14.5 Å². The number of ether oxygens (including phenoxy) is 1. The molecule has 0 unspecified atom stereocenters. The van der Waals surface area contributed by atoms with Gasteiger partial charge in [0.25, 0.3) is 15.9 Å². The molecule has 0 fully saturated rings. The Labute approximate surface area is 227 Å². The number of rotatable bonds is 6. The van der Waals surface area contributed by atoms with Gasteiger partial charge in [0.15, 0.2) is 0 Å². The van der Waals surface area contributed by atoms with Gasteiger partial charge < -0.3 is 15.4 Å². The Balaban J connectivity index is 1.40. The van der Waals surface area contributed by atoms with Gasteiger partial charge in [-0.25, -0.2) is 18.4 Å². The van der Waals surface area contributed by atoms with Crippen molar-refractivity contribution in [1.29, 1.82) is 0 Å². The van der Waals surface area contributed by atoms with E-state index in [2.05, 4.69) is 41.3 Å². The summed E-state index contributed by atoms with van der Waals surface area (Å²) < 4.78 is 34.0. The molecule has 2 aromatic heterocycles. The molecule has 38 heavy (non-hydrogen) atoms. The van der Waals surface area contributed by atoms with E-state index in [9.17, 15) is 13.2 Å². The number of nitrogens with one attached hydrogen (secondary N) is 3. The normalized spacial score (nSPS) is 13.2. The van der Waals surface area contributed by atoms with Crippen molar-refractivity contribution in [2.45, 2.75) is 4.90 Å². The number of hydrogen-bond donors (Lipinski definition) is 3. The number of carbonyl (C=O) groups excluding carboxylic acids is 1. The molecule has 4 aromatic rings. The molecule has 0 saturated heterocycles. The maximum atomic E-state index is 13.4. The van der Waals surface area contributed by atoms with Crippen molar-refractivity contribution >= 4 is 54.3 Å².